The zero-order valence-corrected chi connectivity index (χ0v) is 16.6. The average molecular weight is 411 g/mol. The molecule has 0 aliphatic heterocycles. The largest absolute Gasteiger partial charge is 0.463 e. The molecule has 0 aliphatic carbocycles. The van der Waals surface area contributed by atoms with Gasteiger partial charge in [0, 0.05) is 17.1 Å². The van der Waals surface area contributed by atoms with E-state index in [1.165, 1.54) is 10.5 Å². The van der Waals surface area contributed by atoms with E-state index in [2.05, 4.69) is 9.97 Å². The first-order valence-electron chi connectivity index (χ1n) is 9.69. The van der Waals surface area contributed by atoms with Crippen molar-refractivity contribution in [3.8, 4) is 11.5 Å². The first kappa shape index (κ1) is 18.7. The van der Waals surface area contributed by atoms with E-state index in [4.69, 9.17) is 9.15 Å². The highest BCUT2D eigenvalue weighted by atomic mass is 16.5. The summed E-state index contributed by atoms with van der Waals surface area (Å²) in [6, 6.07) is 19.3. The van der Waals surface area contributed by atoms with E-state index in [1.54, 1.807) is 30.5 Å². The van der Waals surface area contributed by atoms with E-state index >= 15 is 0 Å². The zero-order chi connectivity index (χ0) is 21.4. The number of nitrogens with zero attached hydrogens (tertiary/aromatic N) is 3. The maximum Gasteiger partial charge on any atom is 0.339 e. The molecule has 0 fully saturated rings. The smallest absolute Gasteiger partial charge is 0.339 e. The molecule has 5 aromatic rings. The molecule has 0 spiro atoms. The lowest BCUT2D eigenvalue weighted by molar-refractivity contribution is 0.0470. The van der Waals surface area contributed by atoms with Crippen molar-refractivity contribution in [2.45, 2.75) is 13.5 Å². The summed E-state index contributed by atoms with van der Waals surface area (Å²) in [7, 11) is 0. The fourth-order valence-corrected chi connectivity index (χ4v) is 3.55. The van der Waals surface area contributed by atoms with Crippen molar-refractivity contribution < 1.29 is 13.9 Å². The first-order valence-corrected chi connectivity index (χ1v) is 9.69. The highest BCUT2D eigenvalue weighted by Crippen LogP contribution is 2.26. The molecule has 31 heavy (non-hydrogen) atoms. The second-order valence-corrected chi connectivity index (χ2v) is 7.07. The number of hydrogen-bond acceptors (Lipinski definition) is 6. The predicted molar refractivity (Wildman–Crippen MR) is 115 cm³/mol. The van der Waals surface area contributed by atoms with Gasteiger partial charge in [-0.25, -0.2) is 14.8 Å². The molecule has 4 aromatic heterocycles. The molecular weight excluding hydrogens is 394 g/mol. The van der Waals surface area contributed by atoms with Crippen LogP contribution < -0.4 is 5.56 Å². The number of furan rings is 1. The minimum Gasteiger partial charge on any atom is -0.463 e. The minimum atomic E-state index is -0.530. The van der Waals surface area contributed by atoms with E-state index in [9.17, 15) is 9.59 Å². The summed E-state index contributed by atoms with van der Waals surface area (Å²) in [5.41, 5.74) is 3.01. The Morgan fingerprint density at radius 3 is 2.74 bits per heavy atom. The number of aromatic nitrogens is 3. The van der Waals surface area contributed by atoms with Crippen molar-refractivity contribution in [3.63, 3.8) is 0 Å². The standard InChI is InChI=1S/C24H17N3O4/c1-15-6-4-10-22-25-16(12-23(28)27(15)22)14-31-24(29)18-13-20(21-9-5-11-30-21)26-19-8-3-2-7-17(18)19/h2-13H,14H2,1H3. The van der Waals surface area contributed by atoms with Gasteiger partial charge in [0.05, 0.1) is 23.0 Å². The van der Waals surface area contributed by atoms with Gasteiger partial charge in [0.2, 0.25) is 0 Å². The minimum absolute atomic E-state index is 0.120. The SMILES string of the molecule is Cc1cccc2nc(COC(=O)c3cc(-c4ccco4)nc4ccccc34)cc(=O)n12. The number of para-hydroxylation sites is 1. The van der Waals surface area contributed by atoms with Gasteiger partial charge < -0.3 is 9.15 Å². The number of esters is 1. The van der Waals surface area contributed by atoms with Crippen molar-refractivity contribution in [1.29, 1.82) is 0 Å². The molecular formula is C24H17N3O4. The second kappa shape index (κ2) is 7.53. The summed E-state index contributed by atoms with van der Waals surface area (Å²) in [5.74, 6) is 0.0250. The van der Waals surface area contributed by atoms with E-state index in [-0.39, 0.29) is 12.2 Å². The van der Waals surface area contributed by atoms with Gasteiger partial charge in [0.1, 0.15) is 17.9 Å². The van der Waals surface area contributed by atoms with Crippen LogP contribution in [0.25, 0.3) is 28.0 Å². The Hall–Kier alpha value is -4.26. The summed E-state index contributed by atoms with van der Waals surface area (Å²) < 4.78 is 12.5. The highest BCUT2D eigenvalue weighted by Gasteiger charge is 2.17. The number of carbonyl (C=O) groups excluding carboxylic acids is 1. The average Bonchev–Trinajstić information content (AvgIpc) is 3.31. The molecule has 4 heterocycles. The van der Waals surface area contributed by atoms with Crippen molar-refractivity contribution in [2.24, 2.45) is 0 Å². The van der Waals surface area contributed by atoms with Gasteiger partial charge in [-0.2, -0.15) is 0 Å². The monoisotopic (exact) mass is 411 g/mol. The van der Waals surface area contributed by atoms with Crippen LogP contribution in [0.4, 0.5) is 0 Å². The summed E-state index contributed by atoms with van der Waals surface area (Å²) in [6.07, 6.45) is 1.55. The van der Waals surface area contributed by atoms with Gasteiger partial charge in [0.15, 0.2) is 5.76 Å². The Kier molecular flexibility index (Phi) is 4.55. The Labute approximate surface area is 176 Å². The van der Waals surface area contributed by atoms with Gasteiger partial charge in [-0.1, -0.05) is 24.3 Å². The van der Waals surface area contributed by atoms with Crippen LogP contribution in [-0.4, -0.2) is 20.3 Å². The molecule has 0 atom stereocenters. The number of hydrogen-bond donors (Lipinski definition) is 0. The van der Waals surface area contributed by atoms with Crippen LogP contribution in [0.5, 0.6) is 0 Å². The lowest BCUT2D eigenvalue weighted by atomic mass is 10.1. The van der Waals surface area contributed by atoms with Crippen LogP contribution in [0, 0.1) is 6.92 Å². The van der Waals surface area contributed by atoms with Crippen LogP contribution in [0.15, 0.2) is 82.2 Å². The summed E-state index contributed by atoms with van der Waals surface area (Å²) in [5, 5.41) is 0.671. The van der Waals surface area contributed by atoms with Gasteiger partial charge in [0.25, 0.3) is 5.56 Å². The van der Waals surface area contributed by atoms with Gasteiger partial charge >= 0.3 is 5.97 Å². The van der Waals surface area contributed by atoms with Crippen LogP contribution in [0.3, 0.4) is 0 Å². The number of fused-ring (bicyclic) bond motifs is 2. The number of benzene rings is 1. The van der Waals surface area contributed by atoms with Crippen molar-refractivity contribution in [3.05, 3.63) is 100 Å². The van der Waals surface area contributed by atoms with Gasteiger partial charge in [-0.05, 0) is 43.3 Å². The first-order chi connectivity index (χ1) is 15.1. The Morgan fingerprint density at radius 2 is 1.90 bits per heavy atom. The zero-order valence-electron chi connectivity index (χ0n) is 16.6. The molecule has 0 unspecified atom stereocenters. The number of ether oxygens (including phenoxy) is 1. The maximum absolute atomic E-state index is 13.0. The lowest BCUT2D eigenvalue weighted by Crippen LogP contribution is -2.18. The fourth-order valence-electron chi connectivity index (χ4n) is 3.55. The van der Waals surface area contributed by atoms with E-state index in [0.29, 0.717) is 39.3 Å². The third kappa shape index (κ3) is 3.46. The van der Waals surface area contributed by atoms with Crippen molar-refractivity contribution >= 4 is 22.5 Å². The molecule has 5 rings (SSSR count). The second-order valence-electron chi connectivity index (χ2n) is 7.07. The summed E-state index contributed by atoms with van der Waals surface area (Å²) in [4.78, 5) is 34.4. The number of pyridine rings is 2. The van der Waals surface area contributed by atoms with E-state index in [0.717, 1.165) is 5.69 Å². The third-order valence-corrected chi connectivity index (χ3v) is 4.99. The molecule has 152 valence electrons. The molecule has 0 amide bonds. The molecule has 0 saturated carbocycles. The van der Waals surface area contributed by atoms with Crippen LogP contribution in [0.1, 0.15) is 21.7 Å². The summed E-state index contributed by atoms with van der Waals surface area (Å²) in [6.45, 7) is 1.71. The highest BCUT2D eigenvalue weighted by molar-refractivity contribution is 6.04. The number of carbonyl (C=O) groups is 1. The topological polar surface area (TPSA) is 86.7 Å². The van der Waals surface area contributed by atoms with Crippen molar-refractivity contribution in [1.82, 2.24) is 14.4 Å². The normalized spacial score (nSPS) is 11.1. The maximum atomic E-state index is 13.0. The Balaban J connectivity index is 1.48. The molecule has 0 bridgehead atoms. The van der Waals surface area contributed by atoms with Crippen LogP contribution in [-0.2, 0) is 11.3 Å². The van der Waals surface area contributed by atoms with Gasteiger partial charge in [-0.3, -0.25) is 9.20 Å². The molecule has 7 heteroatoms. The van der Waals surface area contributed by atoms with Crippen LogP contribution in [0.2, 0.25) is 0 Å². The van der Waals surface area contributed by atoms with E-state index < -0.39 is 5.97 Å². The fraction of sp³-hybridized carbons (Fsp3) is 0.0833. The summed E-state index contributed by atoms with van der Waals surface area (Å²) >= 11 is 0. The predicted octanol–water partition coefficient (Wildman–Crippen LogP) is 4.17. The molecule has 7 nitrogen and oxygen atoms in total. The quantitative estimate of drug-likeness (QED) is 0.413. The third-order valence-electron chi connectivity index (χ3n) is 4.99. The number of aryl methyl sites for hydroxylation is 1. The molecule has 0 radical (unpaired) electrons. The van der Waals surface area contributed by atoms with E-state index in [1.807, 2.05) is 43.3 Å². The van der Waals surface area contributed by atoms with Gasteiger partial charge in [-0.15, -0.1) is 0 Å². The van der Waals surface area contributed by atoms with Crippen molar-refractivity contribution in [2.75, 3.05) is 0 Å². The Morgan fingerprint density at radius 1 is 1.03 bits per heavy atom. The Bertz CT molecular complexity index is 1490. The lowest BCUT2D eigenvalue weighted by Gasteiger charge is -2.10. The van der Waals surface area contributed by atoms with Crippen LogP contribution >= 0.6 is 0 Å². The molecule has 0 aliphatic rings. The molecule has 1 aromatic carbocycles. The molecule has 0 N–H and O–H groups in total. The number of rotatable bonds is 4. The molecule has 0 saturated heterocycles.